The molecule has 0 radical (unpaired) electrons. The molecule has 4 nitrogen and oxygen atoms in total. The summed E-state index contributed by atoms with van der Waals surface area (Å²) in [5.41, 5.74) is 0.774. The summed E-state index contributed by atoms with van der Waals surface area (Å²) >= 11 is 0. The molecule has 17 heavy (non-hydrogen) atoms. The van der Waals surface area contributed by atoms with Gasteiger partial charge in [-0.15, -0.1) is 4.68 Å². The predicted octanol–water partition coefficient (Wildman–Crippen LogP) is 1.20. The van der Waals surface area contributed by atoms with E-state index in [1.807, 2.05) is 36.4 Å². The van der Waals surface area contributed by atoms with Gasteiger partial charge in [0.2, 0.25) is 5.43 Å². The van der Waals surface area contributed by atoms with Gasteiger partial charge in [-0.25, -0.2) is 5.10 Å². The van der Waals surface area contributed by atoms with Crippen molar-refractivity contribution in [2.24, 2.45) is 0 Å². The van der Waals surface area contributed by atoms with Gasteiger partial charge in [-0.1, -0.05) is 18.2 Å². The van der Waals surface area contributed by atoms with Crippen LogP contribution in [0.5, 0.6) is 0 Å². The zero-order valence-corrected chi connectivity index (χ0v) is 9.00. The van der Waals surface area contributed by atoms with E-state index in [-0.39, 0.29) is 5.43 Å². The van der Waals surface area contributed by atoms with Gasteiger partial charge in [0.05, 0.1) is 10.9 Å². The first-order valence-electron chi connectivity index (χ1n) is 5.30. The summed E-state index contributed by atoms with van der Waals surface area (Å²) in [6.45, 7) is 0. The molecular formula is C13H10N3O+. The molecule has 1 N–H and O–H groups in total. The molecule has 0 saturated carbocycles. The van der Waals surface area contributed by atoms with Gasteiger partial charge in [-0.2, -0.15) is 0 Å². The fourth-order valence-electron chi connectivity index (χ4n) is 1.76. The van der Waals surface area contributed by atoms with Crippen LogP contribution in [0.4, 0.5) is 0 Å². The second kappa shape index (κ2) is 3.83. The fourth-order valence-corrected chi connectivity index (χ4v) is 1.76. The van der Waals surface area contributed by atoms with Gasteiger partial charge >= 0.3 is 5.82 Å². The van der Waals surface area contributed by atoms with E-state index in [0.29, 0.717) is 11.2 Å². The first kappa shape index (κ1) is 9.72. The molecule has 0 amide bonds. The highest BCUT2D eigenvalue weighted by Gasteiger charge is 2.09. The standard InChI is InChI=1S/C13H9N3O/c17-12-9-16(13-7-3-4-8-14-13)15-11-6-2-1-5-10(11)12/h1-9H/p+1. The minimum atomic E-state index is -0.0231. The van der Waals surface area contributed by atoms with Crippen molar-refractivity contribution >= 4 is 10.9 Å². The van der Waals surface area contributed by atoms with Crippen LogP contribution < -0.4 is 10.1 Å². The molecule has 0 fully saturated rings. The average molecular weight is 224 g/mol. The third-order valence-corrected chi connectivity index (χ3v) is 2.58. The lowest BCUT2D eigenvalue weighted by atomic mass is 10.2. The molecular weight excluding hydrogens is 214 g/mol. The molecule has 3 aromatic rings. The van der Waals surface area contributed by atoms with Gasteiger partial charge < -0.3 is 0 Å². The third kappa shape index (κ3) is 1.69. The van der Waals surface area contributed by atoms with Crippen molar-refractivity contribution < 1.29 is 4.68 Å². The molecule has 0 aliphatic heterocycles. The number of hydrogen-bond acceptors (Lipinski definition) is 2. The smallest absolute Gasteiger partial charge is 0.285 e. The number of aromatic amines is 1. The van der Waals surface area contributed by atoms with Crippen LogP contribution in [0.3, 0.4) is 0 Å². The highest BCUT2D eigenvalue weighted by Crippen LogP contribution is 2.03. The van der Waals surface area contributed by atoms with Crippen molar-refractivity contribution in [3.63, 3.8) is 0 Å². The molecule has 0 aliphatic rings. The van der Waals surface area contributed by atoms with E-state index in [1.165, 1.54) is 6.20 Å². The molecule has 2 heterocycles. The van der Waals surface area contributed by atoms with Crippen LogP contribution in [0.2, 0.25) is 0 Å². The number of nitrogens with zero attached hydrogens (tertiary/aromatic N) is 2. The average Bonchev–Trinajstić information content (AvgIpc) is 2.40. The van der Waals surface area contributed by atoms with Crippen molar-refractivity contribution in [2.75, 3.05) is 0 Å². The number of nitrogens with one attached hydrogen (secondary N) is 1. The minimum Gasteiger partial charge on any atom is -0.285 e. The van der Waals surface area contributed by atoms with Crippen LogP contribution in [-0.2, 0) is 0 Å². The van der Waals surface area contributed by atoms with Crippen molar-refractivity contribution in [1.82, 2.24) is 10.1 Å². The Kier molecular flexibility index (Phi) is 2.19. The fraction of sp³-hybridized carbons (Fsp3) is 0. The van der Waals surface area contributed by atoms with Crippen LogP contribution >= 0.6 is 0 Å². The monoisotopic (exact) mass is 224 g/mol. The maximum Gasteiger partial charge on any atom is 0.346 e. The molecule has 4 heteroatoms. The summed E-state index contributed by atoms with van der Waals surface area (Å²) < 4.78 is 1.63. The quantitative estimate of drug-likeness (QED) is 0.631. The number of para-hydroxylation sites is 1. The van der Waals surface area contributed by atoms with Crippen LogP contribution in [0.1, 0.15) is 0 Å². The van der Waals surface area contributed by atoms with Crippen LogP contribution in [0, 0.1) is 0 Å². The van der Waals surface area contributed by atoms with E-state index >= 15 is 0 Å². The summed E-state index contributed by atoms with van der Waals surface area (Å²) in [7, 11) is 0. The Hall–Kier alpha value is -2.49. The largest absolute Gasteiger partial charge is 0.346 e. The van der Waals surface area contributed by atoms with E-state index in [1.54, 1.807) is 16.9 Å². The second-order valence-corrected chi connectivity index (χ2v) is 3.71. The summed E-state index contributed by atoms with van der Waals surface area (Å²) in [5.74, 6) is 0.690. The first-order chi connectivity index (χ1) is 8.34. The van der Waals surface area contributed by atoms with E-state index < -0.39 is 0 Å². The summed E-state index contributed by atoms with van der Waals surface area (Å²) in [4.78, 5) is 16.1. The molecule has 2 aromatic heterocycles. The highest BCUT2D eigenvalue weighted by atomic mass is 16.1. The number of pyridine rings is 1. The lowest BCUT2D eigenvalue weighted by Gasteiger charge is -1.98. The van der Waals surface area contributed by atoms with E-state index in [4.69, 9.17) is 0 Å². The molecule has 0 saturated heterocycles. The van der Waals surface area contributed by atoms with Gasteiger partial charge in [0.15, 0.2) is 6.20 Å². The normalized spacial score (nSPS) is 10.6. The Morgan fingerprint density at radius 3 is 2.71 bits per heavy atom. The number of rotatable bonds is 1. The summed E-state index contributed by atoms with van der Waals surface area (Å²) in [6.07, 6.45) is 3.19. The first-order valence-corrected chi connectivity index (χ1v) is 5.30. The zero-order valence-electron chi connectivity index (χ0n) is 9.00. The molecule has 0 unspecified atom stereocenters. The Morgan fingerprint density at radius 1 is 1.06 bits per heavy atom. The number of aromatic nitrogens is 3. The maximum absolute atomic E-state index is 11.9. The predicted molar refractivity (Wildman–Crippen MR) is 63.9 cm³/mol. The second-order valence-electron chi connectivity index (χ2n) is 3.71. The lowest BCUT2D eigenvalue weighted by molar-refractivity contribution is -0.661. The lowest BCUT2D eigenvalue weighted by Crippen LogP contribution is -2.39. The van der Waals surface area contributed by atoms with Crippen molar-refractivity contribution in [2.45, 2.75) is 0 Å². The van der Waals surface area contributed by atoms with Gasteiger partial charge in [-0.05, 0) is 23.2 Å². The number of fused-ring (bicyclic) bond motifs is 1. The molecule has 0 aliphatic carbocycles. The molecule has 82 valence electrons. The van der Waals surface area contributed by atoms with Gasteiger partial charge in [0, 0.05) is 6.07 Å². The Bertz CT molecular complexity index is 719. The Balaban J connectivity index is 2.30. The Morgan fingerprint density at radius 2 is 1.88 bits per heavy atom. The van der Waals surface area contributed by atoms with Crippen molar-refractivity contribution in [1.29, 1.82) is 0 Å². The van der Waals surface area contributed by atoms with Gasteiger partial charge in [0.1, 0.15) is 6.20 Å². The zero-order chi connectivity index (χ0) is 11.7. The maximum atomic E-state index is 11.9. The van der Waals surface area contributed by atoms with Gasteiger partial charge in [-0.3, -0.25) is 4.79 Å². The molecule has 0 bridgehead atoms. The van der Waals surface area contributed by atoms with Crippen LogP contribution in [0.15, 0.2) is 59.7 Å². The van der Waals surface area contributed by atoms with E-state index in [2.05, 4.69) is 10.1 Å². The van der Waals surface area contributed by atoms with Gasteiger partial charge in [0.25, 0.3) is 0 Å². The molecule has 1 aromatic carbocycles. The van der Waals surface area contributed by atoms with E-state index in [0.717, 1.165) is 5.52 Å². The van der Waals surface area contributed by atoms with Crippen LogP contribution in [-0.4, -0.2) is 10.1 Å². The molecule has 3 rings (SSSR count). The van der Waals surface area contributed by atoms with E-state index in [9.17, 15) is 4.79 Å². The highest BCUT2D eigenvalue weighted by molar-refractivity contribution is 5.76. The summed E-state index contributed by atoms with van der Waals surface area (Å²) in [5, 5.41) is 3.82. The van der Waals surface area contributed by atoms with Crippen molar-refractivity contribution in [3.8, 4) is 5.82 Å². The number of H-pyrrole nitrogens is 1. The summed E-state index contributed by atoms with van der Waals surface area (Å²) in [6, 6.07) is 13.0. The Labute approximate surface area is 97.2 Å². The molecule has 0 spiro atoms. The number of hydrogen-bond donors (Lipinski definition) is 1. The van der Waals surface area contributed by atoms with Crippen molar-refractivity contribution in [3.05, 3.63) is 65.1 Å². The topological polar surface area (TPSA) is 49.6 Å². The van der Waals surface area contributed by atoms with Crippen LogP contribution in [0.25, 0.3) is 16.7 Å². The number of benzene rings is 1. The molecule has 0 atom stereocenters. The SMILES string of the molecule is O=c1c[n+](-c2ccccn2)[nH]c2ccccc12. The third-order valence-electron chi connectivity index (χ3n) is 2.58. The minimum absolute atomic E-state index is 0.0231.